The summed E-state index contributed by atoms with van der Waals surface area (Å²) >= 11 is 0. The first kappa shape index (κ1) is 11.8. The first-order valence-electron chi connectivity index (χ1n) is 4.79. The van der Waals surface area contributed by atoms with E-state index in [9.17, 15) is 10.2 Å². The summed E-state index contributed by atoms with van der Waals surface area (Å²) in [6, 6.07) is 2.99. The lowest BCUT2D eigenvalue weighted by atomic mass is 10.0. The van der Waals surface area contributed by atoms with Gasteiger partial charge < -0.3 is 20.7 Å². The highest BCUT2D eigenvalue weighted by Crippen LogP contribution is 2.36. The molecular formula is C11H17NO3. The van der Waals surface area contributed by atoms with E-state index in [1.165, 1.54) is 7.11 Å². The number of methoxy groups -OCH3 is 1. The number of aliphatic hydroxyl groups is 1. The molecule has 15 heavy (non-hydrogen) atoms. The quantitative estimate of drug-likeness (QED) is 0.699. The van der Waals surface area contributed by atoms with Gasteiger partial charge in [-0.25, -0.2) is 0 Å². The van der Waals surface area contributed by atoms with Gasteiger partial charge in [0.05, 0.1) is 13.2 Å². The van der Waals surface area contributed by atoms with Crippen LogP contribution in [0.1, 0.15) is 24.2 Å². The van der Waals surface area contributed by atoms with Crippen LogP contribution in [0.15, 0.2) is 12.1 Å². The Balaban J connectivity index is 3.21. The molecule has 2 atom stereocenters. The summed E-state index contributed by atoms with van der Waals surface area (Å²) in [5.74, 6) is 0.342. The summed E-state index contributed by atoms with van der Waals surface area (Å²) in [4.78, 5) is 0. The Bertz CT molecular complexity index is 350. The van der Waals surface area contributed by atoms with Crippen LogP contribution in [0.5, 0.6) is 11.5 Å². The molecule has 1 rings (SSSR count). The van der Waals surface area contributed by atoms with Crippen molar-refractivity contribution in [2.24, 2.45) is 5.73 Å². The third-order valence-electron chi connectivity index (χ3n) is 2.38. The molecule has 0 aromatic heterocycles. The summed E-state index contributed by atoms with van der Waals surface area (Å²) in [5.41, 5.74) is 6.78. The molecular weight excluding hydrogens is 194 g/mol. The van der Waals surface area contributed by atoms with Gasteiger partial charge in [-0.15, -0.1) is 0 Å². The van der Waals surface area contributed by atoms with Crippen LogP contribution in [-0.4, -0.2) is 23.4 Å². The molecule has 4 heteroatoms. The number of hydrogen-bond acceptors (Lipinski definition) is 4. The maximum absolute atomic E-state index is 9.85. The Morgan fingerprint density at radius 2 is 2.00 bits per heavy atom. The Hall–Kier alpha value is -1.26. The number of aromatic hydroxyl groups is 1. The van der Waals surface area contributed by atoms with Gasteiger partial charge in [-0.3, -0.25) is 0 Å². The van der Waals surface area contributed by atoms with Crippen LogP contribution >= 0.6 is 0 Å². The highest BCUT2D eigenvalue weighted by Gasteiger charge is 2.19. The predicted molar refractivity (Wildman–Crippen MR) is 58.0 cm³/mol. The minimum Gasteiger partial charge on any atom is -0.504 e. The number of aryl methyl sites for hydroxylation is 1. The van der Waals surface area contributed by atoms with Crippen molar-refractivity contribution in [2.75, 3.05) is 7.11 Å². The van der Waals surface area contributed by atoms with E-state index in [0.29, 0.717) is 11.3 Å². The lowest BCUT2D eigenvalue weighted by molar-refractivity contribution is 0.149. The van der Waals surface area contributed by atoms with E-state index in [4.69, 9.17) is 10.5 Å². The van der Waals surface area contributed by atoms with Crippen LogP contribution in [0.25, 0.3) is 0 Å². The fourth-order valence-electron chi connectivity index (χ4n) is 1.47. The Morgan fingerprint density at radius 1 is 1.40 bits per heavy atom. The van der Waals surface area contributed by atoms with E-state index in [-0.39, 0.29) is 5.75 Å². The number of rotatable bonds is 3. The summed E-state index contributed by atoms with van der Waals surface area (Å²) in [6.07, 6.45) is -0.889. The lowest BCUT2D eigenvalue weighted by Gasteiger charge is -2.18. The van der Waals surface area contributed by atoms with Gasteiger partial charge in [-0.1, -0.05) is 12.1 Å². The number of phenols is 1. The molecule has 0 spiro atoms. The fraction of sp³-hybridized carbons (Fsp3) is 0.455. The molecule has 1 aromatic carbocycles. The Morgan fingerprint density at radius 3 is 2.47 bits per heavy atom. The molecule has 0 fully saturated rings. The molecule has 2 unspecified atom stereocenters. The summed E-state index contributed by atoms with van der Waals surface area (Å²) < 4.78 is 5.04. The van der Waals surface area contributed by atoms with Gasteiger partial charge >= 0.3 is 0 Å². The summed E-state index contributed by atoms with van der Waals surface area (Å²) in [5, 5.41) is 19.6. The van der Waals surface area contributed by atoms with Crippen molar-refractivity contribution in [1.29, 1.82) is 0 Å². The van der Waals surface area contributed by atoms with Gasteiger partial charge in [-0.05, 0) is 19.4 Å². The van der Waals surface area contributed by atoms with Crippen LogP contribution in [0.2, 0.25) is 0 Å². The Labute approximate surface area is 89.3 Å². The molecule has 0 saturated carbocycles. The second kappa shape index (κ2) is 4.51. The number of ether oxygens (including phenoxy) is 1. The van der Waals surface area contributed by atoms with Gasteiger partial charge in [0.1, 0.15) is 0 Å². The second-order valence-electron chi connectivity index (χ2n) is 3.66. The minimum absolute atomic E-state index is 0.0395. The molecule has 0 radical (unpaired) electrons. The second-order valence-corrected chi connectivity index (χ2v) is 3.66. The maximum Gasteiger partial charge on any atom is 0.163 e. The molecule has 0 amide bonds. The van der Waals surface area contributed by atoms with E-state index in [0.717, 1.165) is 5.56 Å². The highest BCUT2D eigenvalue weighted by molar-refractivity contribution is 5.51. The number of phenolic OH excluding ortho intramolecular Hbond substituents is 1. The smallest absolute Gasteiger partial charge is 0.163 e. The van der Waals surface area contributed by atoms with Gasteiger partial charge in [-0.2, -0.15) is 0 Å². The van der Waals surface area contributed by atoms with E-state index in [1.54, 1.807) is 19.1 Å². The number of benzene rings is 1. The fourth-order valence-corrected chi connectivity index (χ4v) is 1.47. The molecule has 0 heterocycles. The molecule has 0 aliphatic rings. The third kappa shape index (κ3) is 2.22. The lowest BCUT2D eigenvalue weighted by Crippen LogP contribution is -2.24. The molecule has 84 valence electrons. The zero-order chi connectivity index (χ0) is 11.6. The Kier molecular flexibility index (Phi) is 3.55. The molecule has 0 saturated heterocycles. The average molecular weight is 211 g/mol. The van der Waals surface area contributed by atoms with Crippen LogP contribution < -0.4 is 10.5 Å². The predicted octanol–water partition coefficient (Wildman–Crippen LogP) is 1.09. The van der Waals surface area contributed by atoms with Crippen molar-refractivity contribution in [3.05, 3.63) is 23.3 Å². The molecule has 4 nitrogen and oxygen atoms in total. The minimum atomic E-state index is -0.889. The molecule has 1 aromatic rings. The van der Waals surface area contributed by atoms with Crippen molar-refractivity contribution in [3.8, 4) is 11.5 Å². The van der Waals surface area contributed by atoms with E-state index in [1.807, 2.05) is 6.92 Å². The van der Waals surface area contributed by atoms with Gasteiger partial charge in [0.2, 0.25) is 0 Å². The molecule has 0 bridgehead atoms. The van der Waals surface area contributed by atoms with Crippen LogP contribution in [0.4, 0.5) is 0 Å². The van der Waals surface area contributed by atoms with Crippen molar-refractivity contribution in [1.82, 2.24) is 0 Å². The van der Waals surface area contributed by atoms with Crippen LogP contribution in [0.3, 0.4) is 0 Å². The standard InChI is InChI=1S/C11H17NO3/c1-6-4-5-8(9(13)7(2)12)10(14)11(6)15-3/h4-5,7,9,13-14H,12H2,1-3H3. The maximum atomic E-state index is 9.85. The van der Waals surface area contributed by atoms with E-state index >= 15 is 0 Å². The normalized spacial score (nSPS) is 14.7. The zero-order valence-corrected chi connectivity index (χ0v) is 9.19. The van der Waals surface area contributed by atoms with E-state index in [2.05, 4.69) is 0 Å². The van der Waals surface area contributed by atoms with Gasteiger partial charge in [0.15, 0.2) is 11.5 Å². The number of nitrogens with two attached hydrogens (primary N) is 1. The average Bonchev–Trinajstić information content (AvgIpc) is 2.17. The van der Waals surface area contributed by atoms with Crippen LogP contribution in [-0.2, 0) is 0 Å². The zero-order valence-electron chi connectivity index (χ0n) is 9.19. The van der Waals surface area contributed by atoms with E-state index < -0.39 is 12.1 Å². The summed E-state index contributed by atoms with van der Waals surface area (Å²) in [7, 11) is 1.48. The highest BCUT2D eigenvalue weighted by atomic mass is 16.5. The van der Waals surface area contributed by atoms with Crippen molar-refractivity contribution < 1.29 is 14.9 Å². The van der Waals surface area contributed by atoms with Crippen molar-refractivity contribution >= 4 is 0 Å². The van der Waals surface area contributed by atoms with Gasteiger partial charge in [0, 0.05) is 11.6 Å². The molecule has 0 aliphatic heterocycles. The van der Waals surface area contributed by atoms with Gasteiger partial charge in [0.25, 0.3) is 0 Å². The number of aliphatic hydroxyl groups excluding tert-OH is 1. The first-order chi connectivity index (χ1) is 6.99. The largest absolute Gasteiger partial charge is 0.504 e. The number of hydrogen-bond donors (Lipinski definition) is 3. The third-order valence-corrected chi connectivity index (χ3v) is 2.38. The first-order valence-corrected chi connectivity index (χ1v) is 4.79. The van der Waals surface area contributed by atoms with Crippen molar-refractivity contribution in [2.45, 2.75) is 26.0 Å². The molecule has 4 N–H and O–H groups in total. The summed E-state index contributed by atoms with van der Waals surface area (Å²) in [6.45, 7) is 3.50. The SMILES string of the molecule is COc1c(C)ccc(C(O)C(C)N)c1O. The van der Waals surface area contributed by atoms with Crippen molar-refractivity contribution in [3.63, 3.8) is 0 Å². The topological polar surface area (TPSA) is 75.7 Å². The monoisotopic (exact) mass is 211 g/mol. The molecule has 0 aliphatic carbocycles. The van der Waals surface area contributed by atoms with Crippen LogP contribution in [0, 0.1) is 6.92 Å².